The van der Waals surface area contributed by atoms with Crippen LogP contribution in [-0.2, 0) is 9.53 Å². The predicted octanol–water partition coefficient (Wildman–Crippen LogP) is 2.43. The first kappa shape index (κ1) is 21.8. The van der Waals surface area contributed by atoms with Crippen molar-refractivity contribution in [2.24, 2.45) is 0 Å². The predicted molar refractivity (Wildman–Crippen MR) is 112 cm³/mol. The van der Waals surface area contributed by atoms with Crippen molar-refractivity contribution in [3.8, 4) is 17.2 Å². The van der Waals surface area contributed by atoms with Gasteiger partial charge in [-0.1, -0.05) is 0 Å². The third-order valence-electron chi connectivity index (χ3n) is 4.66. The quantitative estimate of drug-likeness (QED) is 0.646. The van der Waals surface area contributed by atoms with Gasteiger partial charge in [-0.2, -0.15) is 0 Å². The largest absolute Gasteiger partial charge is 0.493 e. The number of amides is 2. The highest BCUT2D eigenvalue weighted by molar-refractivity contribution is 7.13. The van der Waals surface area contributed by atoms with Gasteiger partial charge in [-0.05, 0) is 25.0 Å². The number of hydrogen-bond donors (Lipinski definition) is 1. The topological polar surface area (TPSA) is 99.2 Å². The fraction of sp³-hybridized carbons (Fsp3) is 0.450. The Labute approximate surface area is 178 Å². The molecule has 0 saturated carbocycles. The molecule has 1 aromatic heterocycles. The lowest BCUT2D eigenvalue weighted by Crippen LogP contribution is -2.42. The number of nitrogens with one attached hydrogen (secondary N) is 1. The number of aromatic nitrogens is 1. The lowest BCUT2D eigenvalue weighted by molar-refractivity contribution is -0.117. The molecule has 1 fully saturated rings. The van der Waals surface area contributed by atoms with Crippen molar-refractivity contribution >= 4 is 28.3 Å². The smallest absolute Gasteiger partial charge is 0.254 e. The molecule has 1 aliphatic heterocycles. The van der Waals surface area contributed by atoms with E-state index in [4.69, 9.17) is 18.9 Å². The lowest BCUT2D eigenvalue weighted by atomic mass is 10.1. The zero-order valence-electron chi connectivity index (χ0n) is 17.2. The van der Waals surface area contributed by atoms with Crippen LogP contribution in [0.2, 0.25) is 0 Å². The number of anilines is 1. The summed E-state index contributed by atoms with van der Waals surface area (Å²) in [5.41, 5.74) is 0.324. The average Bonchev–Trinajstić information content (AvgIpc) is 3.45. The van der Waals surface area contributed by atoms with Crippen LogP contribution in [0, 0.1) is 0 Å². The zero-order valence-corrected chi connectivity index (χ0v) is 18.0. The fourth-order valence-electron chi connectivity index (χ4n) is 3.26. The Kier molecular flexibility index (Phi) is 7.47. The normalized spacial score (nSPS) is 15.5. The van der Waals surface area contributed by atoms with Gasteiger partial charge in [-0.3, -0.25) is 9.59 Å². The van der Waals surface area contributed by atoms with Gasteiger partial charge in [0.15, 0.2) is 16.6 Å². The summed E-state index contributed by atoms with van der Waals surface area (Å²) in [6, 6.07) is 3.15. The molecular formula is C20H25N3O6S. The second-order valence-corrected chi connectivity index (χ2v) is 7.51. The standard InChI is InChI=1S/C20H25N3O6S/c1-26-15-9-13(10-16(27-2)18(15)28-3)19(25)23(11-14-5-4-7-29-14)12-17(24)22-20-21-6-8-30-20/h6,8-10,14H,4-5,7,11-12H2,1-3H3,(H,21,22,24). The average molecular weight is 436 g/mol. The summed E-state index contributed by atoms with van der Waals surface area (Å²) in [6.07, 6.45) is 3.27. The van der Waals surface area contributed by atoms with Crippen molar-refractivity contribution in [1.82, 2.24) is 9.88 Å². The summed E-state index contributed by atoms with van der Waals surface area (Å²) < 4.78 is 21.7. The monoisotopic (exact) mass is 435 g/mol. The van der Waals surface area contributed by atoms with Gasteiger partial charge in [0.25, 0.3) is 5.91 Å². The number of thiazole rings is 1. The van der Waals surface area contributed by atoms with E-state index in [0.717, 1.165) is 12.8 Å². The second kappa shape index (κ2) is 10.3. The number of carbonyl (C=O) groups excluding carboxylic acids is 2. The molecule has 2 heterocycles. The van der Waals surface area contributed by atoms with Gasteiger partial charge >= 0.3 is 0 Å². The molecular weight excluding hydrogens is 410 g/mol. The van der Waals surface area contributed by atoms with E-state index in [2.05, 4.69) is 10.3 Å². The molecule has 1 saturated heterocycles. The Morgan fingerprint density at radius 2 is 1.97 bits per heavy atom. The minimum atomic E-state index is -0.334. The lowest BCUT2D eigenvalue weighted by Gasteiger charge is -2.25. The van der Waals surface area contributed by atoms with Gasteiger partial charge in [0.2, 0.25) is 11.7 Å². The molecule has 1 unspecified atom stereocenters. The van der Waals surface area contributed by atoms with Crippen LogP contribution in [0.3, 0.4) is 0 Å². The molecule has 0 radical (unpaired) electrons. The number of methoxy groups -OCH3 is 3. The van der Waals surface area contributed by atoms with Crippen LogP contribution >= 0.6 is 11.3 Å². The van der Waals surface area contributed by atoms with Gasteiger partial charge in [-0.25, -0.2) is 4.98 Å². The van der Waals surface area contributed by atoms with Crippen LogP contribution in [0.4, 0.5) is 5.13 Å². The van der Waals surface area contributed by atoms with Crippen LogP contribution in [0.5, 0.6) is 17.2 Å². The highest BCUT2D eigenvalue weighted by Gasteiger charge is 2.27. The van der Waals surface area contributed by atoms with Gasteiger partial charge < -0.3 is 29.2 Å². The molecule has 1 aromatic carbocycles. The number of nitrogens with zero attached hydrogens (tertiary/aromatic N) is 2. The minimum absolute atomic E-state index is 0.108. The van der Waals surface area contributed by atoms with E-state index in [0.29, 0.717) is 41.1 Å². The van der Waals surface area contributed by atoms with Gasteiger partial charge in [0.05, 0.1) is 27.4 Å². The number of carbonyl (C=O) groups is 2. The van der Waals surface area contributed by atoms with E-state index in [1.165, 1.54) is 37.6 Å². The molecule has 0 bridgehead atoms. The van der Waals surface area contributed by atoms with Crippen molar-refractivity contribution in [2.45, 2.75) is 18.9 Å². The fourth-order valence-corrected chi connectivity index (χ4v) is 3.80. The van der Waals surface area contributed by atoms with Crippen LogP contribution in [-0.4, -0.2) is 68.8 Å². The SMILES string of the molecule is COc1cc(C(=O)N(CC(=O)Nc2nccs2)CC2CCCO2)cc(OC)c1OC. The minimum Gasteiger partial charge on any atom is -0.493 e. The number of rotatable bonds is 9. The van der Waals surface area contributed by atoms with Crippen molar-refractivity contribution in [2.75, 3.05) is 46.3 Å². The van der Waals surface area contributed by atoms with E-state index in [-0.39, 0.29) is 24.5 Å². The molecule has 1 N–H and O–H groups in total. The number of ether oxygens (including phenoxy) is 4. The molecule has 3 rings (SSSR count). The molecule has 2 amide bonds. The van der Waals surface area contributed by atoms with Gasteiger partial charge in [0.1, 0.15) is 6.54 Å². The first-order valence-electron chi connectivity index (χ1n) is 9.46. The van der Waals surface area contributed by atoms with Crippen LogP contribution in [0.15, 0.2) is 23.7 Å². The van der Waals surface area contributed by atoms with Crippen LogP contribution in [0.1, 0.15) is 23.2 Å². The maximum absolute atomic E-state index is 13.3. The molecule has 9 nitrogen and oxygen atoms in total. The summed E-state index contributed by atoms with van der Waals surface area (Å²) in [7, 11) is 4.46. The van der Waals surface area contributed by atoms with E-state index in [1.54, 1.807) is 23.7 Å². The maximum Gasteiger partial charge on any atom is 0.254 e. The summed E-state index contributed by atoms with van der Waals surface area (Å²) in [4.78, 5) is 31.4. The van der Waals surface area contributed by atoms with E-state index in [1.807, 2.05) is 0 Å². The van der Waals surface area contributed by atoms with Crippen molar-refractivity contribution in [1.29, 1.82) is 0 Å². The molecule has 10 heteroatoms. The van der Waals surface area contributed by atoms with Crippen molar-refractivity contribution in [3.05, 3.63) is 29.3 Å². The maximum atomic E-state index is 13.3. The summed E-state index contributed by atoms with van der Waals surface area (Å²) in [6.45, 7) is 0.831. The molecule has 0 spiro atoms. The van der Waals surface area contributed by atoms with Crippen LogP contribution < -0.4 is 19.5 Å². The molecule has 2 aromatic rings. The van der Waals surface area contributed by atoms with E-state index in [9.17, 15) is 9.59 Å². The Balaban J connectivity index is 1.84. The van der Waals surface area contributed by atoms with Gasteiger partial charge in [-0.15, -0.1) is 11.3 Å². The van der Waals surface area contributed by atoms with Gasteiger partial charge in [0, 0.05) is 30.3 Å². The Bertz CT molecular complexity index is 842. The second-order valence-electron chi connectivity index (χ2n) is 6.62. The highest BCUT2D eigenvalue weighted by Crippen LogP contribution is 2.38. The third-order valence-corrected chi connectivity index (χ3v) is 5.35. The van der Waals surface area contributed by atoms with E-state index >= 15 is 0 Å². The zero-order chi connectivity index (χ0) is 21.5. The Morgan fingerprint density at radius 1 is 1.23 bits per heavy atom. The van der Waals surface area contributed by atoms with Crippen molar-refractivity contribution in [3.63, 3.8) is 0 Å². The molecule has 1 aliphatic rings. The molecule has 1 atom stereocenters. The van der Waals surface area contributed by atoms with Crippen molar-refractivity contribution < 1.29 is 28.5 Å². The molecule has 162 valence electrons. The Hall–Kier alpha value is -2.85. The number of benzene rings is 1. The first-order chi connectivity index (χ1) is 14.5. The molecule has 30 heavy (non-hydrogen) atoms. The summed E-state index contributed by atoms with van der Waals surface area (Å²) in [5.74, 6) is 0.459. The highest BCUT2D eigenvalue weighted by atomic mass is 32.1. The summed E-state index contributed by atoms with van der Waals surface area (Å²) >= 11 is 1.31. The summed E-state index contributed by atoms with van der Waals surface area (Å²) in [5, 5.41) is 4.96. The third kappa shape index (κ3) is 5.19. The Morgan fingerprint density at radius 3 is 2.50 bits per heavy atom. The first-order valence-corrected chi connectivity index (χ1v) is 10.3. The van der Waals surface area contributed by atoms with Crippen LogP contribution in [0.25, 0.3) is 0 Å². The molecule has 0 aliphatic carbocycles. The van der Waals surface area contributed by atoms with E-state index < -0.39 is 0 Å². The number of hydrogen-bond acceptors (Lipinski definition) is 8.